The van der Waals surface area contributed by atoms with E-state index in [0.717, 1.165) is 11.5 Å². The molecule has 11 heteroatoms. The number of hydrogen-bond donors (Lipinski definition) is 0. The Hall–Kier alpha value is -3.66. The Morgan fingerprint density at radius 3 is 1.85 bits per heavy atom. The second kappa shape index (κ2) is 9.68. The summed E-state index contributed by atoms with van der Waals surface area (Å²) in [6.45, 7) is 5.27. The number of para-hydroxylation sites is 1. The van der Waals surface area contributed by atoms with Crippen LogP contribution >= 0.6 is 11.6 Å². The molecule has 0 amide bonds. The maximum absolute atomic E-state index is 12.2. The number of piperazine rings is 2. The highest BCUT2D eigenvalue weighted by Gasteiger charge is 2.33. The first-order valence-electron chi connectivity index (χ1n) is 11.3. The fourth-order valence-corrected chi connectivity index (χ4v) is 4.80. The van der Waals surface area contributed by atoms with Crippen molar-refractivity contribution >= 4 is 40.4 Å². The van der Waals surface area contributed by atoms with E-state index in [0.29, 0.717) is 69.0 Å². The molecule has 5 rings (SSSR count). The highest BCUT2D eigenvalue weighted by atomic mass is 35.5. The van der Waals surface area contributed by atoms with E-state index in [2.05, 4.69) is 24.8 Å². The van der Waals surface area contributed by atoms with Crippen molar-refractivity contribution in [2.24, 2.45) is 0 Å². The van der Waals surface area contributed by atoms with Crippen LogP contribution < -0.4 is 19.6 Å². The number of aromatic nitrogens is 3. The molecule has 2 aromatic heterocycles. The number of rotatable bonds is 5. The molecule has 3 aromatic rings. The van der Waals surface area contributed by atoms with Gasteiger partial charge in [0.1, 0.15) is 12.1 Å². The topological polar surface area (TPSA) is 94.8 Å². The second-order valence-electron chi connectivity index (χ2n) is 8.21. The summed E-state index contributed by atoms with van der Waals surface area (Å²) in [5, 5.41) is 12.9. The van der Waals surface area contributed by atoms with Gasteiger partial charge in [-0.2, -0.15) is 0 Å². The molecule has 0 atom stereocenters. The molecule has 2 aliphatic rings. The van der Waals surface area contributed by atoms with Gasteiger partial charge in [-0.15, -0.1) is 0 Å². The van der Waals surface area contributed by atoms with Crippen molar-refractivity contribution in [2.75, 3.05) is 72.0 Å². The zero-order valence-electron chi connectivity index (χ0n) is 18.6. The molecule has 2 aliphatic heterocycles. The maximum Gasteiger partial charge on any atom is 0.353 e. The third-order valence-corrected chi connectivity index (χ3v) is 6.61. The van der Waals surface area contributed by atoms with Gasteiger partial charge in [0.25, 0.3) is 0 Å². The quantitative estimate of drug-likeness (QED) is 0.403. The van der Waals surface area contributed by atoms with Crippen LogP contribution in [0.1, 0.15) is 0 Å². The first kappa shape index (κ1) is 22.1. The van der Waals surface area contributed by atoms with E-state index in [1.807, 2.05) is 52.3 Å². The zero-order chi connectivity index (χ0) is 23.5. The molecule has 2 saturated heterocycles. The number of nitro groups is 1. The minimum absolute atomic E-state index is 0.0278. The first-order chi connectivity index (χ1) is 16.6. The van der Waals surface area contributed by atoms with E-state index >= 15 is 0 Å². The number of benzene rings is 1. The first-order valence-corrected chi connectivity index (χ1v) is 11.6. The Balaban J connectivity index is 1.32. The predicted molar refractivity (Wildman–Crippen MR) is 133 cm³/mol. The predicted octanol–water partition coefficient (Wildman–Crippen LogP) is 3.09. The molecule has 176 valence electrons. The van der Waals surface area contributed by atoms with Gasteiger partial charge >= 0.3 is 5.69 Å². The monoisotopic (exact) mass is 480 g/mol. The van der Waals surface area contributed by atoms with Gasteiger partial charge in [0.2, 0.25) is 11.6 Å². The summed E-state index contributed by atoms with van der Waals surface area (Å²) in [6, 6.07) is 13.6. The molecular formula is C23H25ClN8O2. The Kier molecular flexibility index (Phi) is 6.31. The summed E-state index contributed by atoms with van der Waals surface area (Å²) in [4.78, 5) is 33.2. The van der Waals surface area contributed by atoms with Crippen LogP contribution in [0.15, 0.2) is 55.0 Å². The maximum atomic E-state index is 12.2. The molecule has 0 unspecified atom stereocenters. The van der Waals surface area contributed by atoms with Gasteiger partial charge in [-0.05, 0) is 24.3 Å². The number of nitrogens with zero attached hydrogens (tertiary/aromatic N) is 8. The smallest absolute Gasteiger partial charge is 0.353 e. The van der Waals surface area contributed by atoms with Crippen LogP contribution in [0.5, 0.6) is 0 Å². The third-order valence-electron chi connectivity index (χ3n) is 6.29. The molecule has 0 bridgehead atoms. The van der Waals surface area contributed by atoms with Gasteiger partial charge in [-0.3, -0.25) is 10.1 Å². The van der Waals surface area contributed by atoms with Crippen molar-refractivity contribution in [2.45, 2.75) is 0 Å². The Bertz CT molecular complexity index is 1150. The van der Waals surface area contributed by atoms with Crippen LogP contribution in [0, 0.1) is 10.1 Å². The average Bonchev–Trinajstić information content (AvgIpc) is 2.89. The lowest BCUT2D eigenvalue weighted by atomic mass is 10.2. The summed E-state index contributed by atoms with van der Waals surface area (Å²) in [7, 11) is 0. The van der Waals surface area contributed by atoms with E-state index < -0.39 is 0 Å². The van der Waals surface area contributed by atoms with Crippen molar-refractivity contribution in [3.05, 3.63) is 70.1 Å². The fourth-order valence-electron chi connectivity index (χ4n) is 4.54. The van der Waals surface area contributed by atoms with Crippen LogP contribution in [0.4, 0.5) is 28.8 Å². The molecule has 4 heterocycles. The molecule has 0 spiro atoms. The fraction of sp³-hybridized carbons (Fsp3) is 0.348. The Labute approximate surface area is 202 Å². The molecule has 0 saturated carbocycles. The number of halogens is 1. The summed E-state index contributed by atoms with van der Waals surface area (Å²) < 4.78 is 0. The zero-order valence-corrected chi connectivity index (χ0v) is 19.4. The lowest BCUT2D eigenvalue weighted by molar-refractivity contribution is -0.383. The highest BCUT2D eigenvalue weighted by Crippen LogP contribution is 2.36. The van der Waals surface area contributed by atoms with E-state index in [9.17, 15) is 10.1 Å². The SMILES string of the molecule is O=[N+]([O-])c1c(N2CCN(c3ccccn3)CC2)ncnc1N1CCN(c2ccccc2Cl)CC1. The molecular weight excluding hydrogens is 456 g/mol. The Morgan fingerprint density at radius 2 is 1.29 bits per heavy atom. The summed E-state index contributed by atoms with van der Waals surface area (Å²) in [5.74, 6) is 1.67. The minimum atomic E-state index is -0.351. The standard InChI is InChI=1S/C23H25ClN8O2/c24-18-5-1-2-6-19(18)28-9-13-30(14-10-28)22-21(32(33)34)23(27-17-26-22)31-15-11-29(12-16-31)20-7-3-4-8-25-20/h1-8,17H,9-16H2. The summed E-state index contributed by atoms with van der Waals surface area (Å²) >= 11 is 6.36. The van der Waals surface area contributed by atoms with E-state index in [-0.39, 0.29) is 10.6 Å². The van der Waals surface area contributed by atoms with Crippen molar-refractivity contribution in [3.63, 3.8) is 0 Å². The van der Waals surface area contributed by atoms with Gasteiger partial charge in [0.15, 0.2) is 0 Å². The number of anilines is 4. The minimum Gasteiger partial charge on any atom is -0.367 e. The van der Waals surface area contributed by atoms with E-state index in [1.165, 1.54) is 6.33 Å². The van der Waals surface area contributed by atoms with Gasteiger partial charge < -0.3 is 19.6 Å². The lowest BCUT2D eigenvalue weighted by Gasteiger charge is -2.38. The molecule has 1 aromatic carbocycles. The second-order valence-corrected chi connectivity index (χ2v) is 8.62. The van der Waals surface area contributed by atoms with Crippen LogP contribution in [0.2, 0.25) is 5.02 Å². The molecule has 0 aliphatic carbocycles. The molecule has 34 heavy (non-hydrogen) atoms. The van der Waals surface area contributed by atoms with Crippen molar-refractivity contribution < 1.29 is 4.92 Å². The van der Waals surface area contributed by atoms with E-state index in [4.69, 9.17) is 11.6 Å². The third kappa shape index (κ3) is 4.41. The van der Waals surface area contributed by atoms with Gasteiger partial charge in [-0.1, -0.05) is 29.8 Å². The molecule has 10 nitrogen and oxygen atoms in total. The number of pyridine rings is 1. The van der Waals surface area contributed by atoms with Crippen molar-refractivity contribution in [1.29, 1.82) is 0 Å². The van der Waals surface area contributed by atoms with Gasteiger partial charge in [-0.25, -0.2) is 15.0 Å². The summed E-state index contributed by atoms with van der Waals surface area (Å²) in [6.07, 6.45) is 3.21. The Morgan fingerprint density at radius 1 is 0.735 bits per heavy atom. The highest BCUT2D eigenvalue weighted by molar-refractivity contribution is 6.33. The normalized spacial score (nSPS) is 16.6. The largest absolute Gasteiger partial charge is 0.367 e. The summed E-state index contributed by atoms with van der Waals surface area (Å²) in [5.41, 5.74) is 0.951. The van der Waals surface area contributed by atoms with Crippen molar-refractivity contribution in [3.8, 4) is 0 Å². The lowest BCUT2D eigenvalue weighted by Crippen LogP contribution is -2.48. The van der Waals surface area contributed by atoms with Crippen LogP contribution in [0.3, 0.4) is 0 Å². The van der Waals surface area contributed by atoms with Crippen molar-refractivity contribution in [1.82, 2.24) is 15.0 Å². The van der Waals surface area contributed by atoms with Crippen LogP contribution in [-0.2, 0) is 0 Å². The molecule has 2 fully saturated rings. The van der Waals surface area contributed by atoms with Crippen LogP contribution in [0.25, 0.3) is 0 Å². The number of hydrogen-bond acceptors (Lipinski definition) is 9. The average molecular weight is 481 g/mol. The molecule has 0 radical (unpaired) electrons. The molecule has 0 N–H and O–H groups in total. The van der Waals surface area contributed by atoms with Crippen LogP contribution in [-0.4, -0.2) is 72.2 Å². The van der Waals surface area contributed by atoms with Gasteiger partial charge in [0.05, 0.1) is 15.6 Å². The van der Waals surface area contributed by atoms with E-state index in [1.54, 1.807) is 6.20 Å². The van der Waals surface area contributed by atoms with Gasteiger partial charge in [0, 0.05) is 58.6 Å².